The van der Waals surface area contributed by atoms with E-state index in [-0.39, 0.29) is 13.1 Å². The Hall–Kier alpha value is -1.08. The molecule has 0 aliphatic heterocycles. The summed E-state index contributed by atoms with van der Waals surface area (Å²) in [6.45, 7) is 0.324. The molecule has 0 unspecified atom stereocenters. The third-order valence-corrected chi connectivity index (χ3v) is 0.562. The molecule has 0 saturated heterocycles. The van der Waals surface area contributed by atoms with E-state index >= 15 is 0 Å². The van der Waals surface area contributed by atoms with E-state index in [1.165, 1.54) is 0 Å². The van der Waals surface area contributed by atoms with Crippen LogP contribution < -0.4 is 11.5 Å². The fourth-order valence-electron chi connectivity index (χ4n) is 0.201. The molecule has 0 atom stereocenters. The van der Waals surface area contributed by atoms with Crippen LogP contribution in [-0.4, -0.2) is 18.9 Å². The van der Waals surface area contributed by atoms with Crippen LogP contribution in [0.5, 0.6) is 0 Å². The summed E-state index contributed by atoms with van der Waals surface area (Å²) in [6, 6.07) is 1.81. The van der Waals surface area contributed by atoms with E-state index in [0.717, 1.165) is 0 Å². The molecule has 4 nitrogen and oxygen atoms in total. The topological polar surface area (TPSA) is 88.2 Å². The Morgan fingerprint density at radius 2 is 2.38 bits per heavy atom. The minimum Gasteiger partial charge on any atom is -0.386 e. The van der Waals surface area contributed by atoms with Crippen LogP contribution in [0.3, 0.4) is 0 Å². The van der Waals surface area contributed by atoms with Gasteiger partial charge in [-0.3, -0.25) is 4.99 Å². The lowest BCUT2D eigenvalue weighted by atomic mass is 10.6. The average Bonchev–Trinajstić information content (AvgIpc) is 1.83. The summed E-state index contributed by atoms with van der Waals surface area (Å²) >= 11 is 0. The summed E-state index contributed by atoms with van der Waals surface area (Å²) < 4.78 is 0. The van der Waals surface area contributed by atoms with E-state index in [1.807, 2.05) is 6.07 Å². The van der Waals surface area contributed by atoms with Gasteiger partial charge in [0.2, 0.25) is 0 Å². The Labute approximate surface area is 47.8 Å². The number of nitrogens with two attached hydrogens (primary N) is 2. The molecular weight excluding hydrogens is 104 g/mol. The molecule has 0 saturated carbocycles. The lowest BCUT2D eigenvalue weighted by Gasteiger charge is -1.88. The van der Waals surface area contributed by atoms with Crippen molar-refractivity contribution in [1.82, 2.24) is 0 Å². The third kappa shape index (κ3) is 3.12. The van der Waals surface area contributed by atoms with Gasteiger partial charge < -0.3 is 11.5 Å². The maximum Gasteiger partial charge on any atom is 0.128 e. The van der Waals surface area contributed by atoms with Crippen LogP contribution in [0.2, 0.25) is 0 Å². The smallest absolute Gasteiger partial charge is 0.128 e. The van der Waals surface area contributed by atoms with Gasteiger partial charge in [0.1, 0.15) is 12.4 Å². The number of nitrogens with zero attached hydrogens (tertiary/aromatic N) is 2. The first-order valence-corrected chi connectivity index (χ1v) is 2.17. The molecular formula is C4H8N4. The maximum atomic E-state index is 7.96. The van der Waals surface area contributed by atoms with Crippen molar-refractivity contribution < 1.29 is 0 Å². The van der Waals surface area contributed by atoms with Gasteiger partial charge in [-0.2, -0.15) is 5.26 Å². The standard InChI is InChI=1S/C4H8N4/c5-1-2-8-4(7)3-6/h2-3,6H2,(H2,7,8). The van der Waals surface area contributed by atoms with Crippen molar-refractivity contribution in [2.75, 3.05) is 13.1 Å². The van der Waals surface area contributed by atoms with E-state index in [9.17, 15) is 0 Å². The molecule has 0 heterocycles. The Morgan fingerprint density at radius 1 is 1.75 bits per heavy atom. The SMILES string of the molecule is N#CCN=C(N)CN. The van der Waals surface area contributed by atoms with Crippen LogP contribution >= 0.6 is 0 Å². The molecule has 0 bridgehead atoms. The van der Waals surface area contributed by atoms with Gasteiger partial charge in [0.25, 0.3) is 0 Å². The van der Waals surface area contributed by atoms with Gasteiger partial charge in [-0.25, -0.2) is 0 Å². The van der Waals surface area contributed by atoms with Gasteiger partial charge in [-0.15, -0.1) is 0 Å². The lowest BCUT2D eigenvalue weighted by molar-refractivity contribution is 1.17. The molecule has 0 aromatic carbocycles. The van der Waals surface area contributed by atoms with Crippen molar-refractivity contribution in [3.05, 3.63) is 0 Å². The van der Waals surface area contributed by atoms with Crippen LogP contribution in [0.4, 0.5) is 0 Å². The van der Waals surface area contributed by atoms with Crippen LogP contribution in [0.15, 0.2) is 4.99 Å². The van der Waals surface area contributed by atoms with E-state index in [0.29, 0.717) is 5.84 Å². The Morgan fingerprint density at radius 3 is 2.75 bits per heavy atom. The molecule has 0 aliphatic rings. The van der Waals surface area contributed by atoms with E-state index in [4.69, 9.17) is 16.7 Å². The predicted octanol–water partition coefficient (Wildman–Crippen LogP) is -1.17. The zero-order valence-corrected chi connectivity index (χ0v) is 4.46. The summed E-state index contributed by atoms with van der Waals surface area (Å²) in [5.41, 5.74) is 10.2. The van der Waals surface area contributed by atoms with E-state index in [1.54, 1.807) is 0 Å². The monoisotopic (exact) mass is 112 g/mol. The first-order valence-electron chi connectivity index (χ1n) is 2.17. The van der Waals surface area contributed by atoms with Gasteiger partial charge in [0.15, 0.2) is 0 Å². The average molecular weight is 112 g/mol. The number of amidine groups is 1. The molecule has 0 fully saturated rings. The number of nitriles is 1. The van der Waals surface area contributed by atoms with E-state index in [2.05, 4.69) is 4.99 Å². The van der Waals surface area contributed by atoms with Gasteiger partial charge >= 0.3 is 0 Å². The van der Waals surface area contributed by atoms with Gasteiger partial charge in [-0.1, -0.05) is 0 Å². The van der Waals surface area contributed by atoms with Crippen molar-refractivity contribution in [3.8, 4) is 6.07 Å². The van der Waals surface area contributed by atoms with Crippen LogP contribution in [0, 0.1) is 11.3 Å². The highest BCUT2D eigenvalue weighted by Crippen LogP contribution is 1.64. The molecule has 0 spiro atoms. The first kappa shape index (κ1) is 6.92. The molecule has 8 heavy (non-hydrogen) atoms. The molecule has 0 aromatic rings. The number of rotatable bonds is 2. The minimum absolute atomic E-state index is 0.100. The second kappa shape index (κ2) is 4.09. The highest BCUT2D eigenvalue weighted by Gasteiger charge is 1.81. The van der Waals surface area contributed by atoms with Gasteiger partial charge in [0, 0.05) is 0 Å². The van der Waals surface area contributed by atoms with Gasteiger partial charge in [0.05, 0.1) is 12.6 Å². The zero-order chi connectivity index (χ0) is 6.41. The highest BCUT2D eigenvalue weighted by atomic mass is 14.9. The van der Waals surface area contributed by atoms with Crippen LogP contribution in [0.25, 0.3) is 0 Å². The molecule has 0 aromatic heterocycles. The third-order valence-electron chi connectivity index (χ3n) is 0.562. The van der Waals surface area contributed by atoms with Crippen LogP contribution in [0.1, 0.15) is 0 Å². The zero-order valence-electron chi connectivity index (χ0n) is 4.46. The fourth-order valence-corrected chi connectivity index (χ4v) is 0.201. The summed E-state index contributed by atoms with van der Waals surface area (Å²) in [7, 11) is 0. The number of aliphatic imine (C=N–C) groups is 1. The number of hydrogen-bond donors (Lipinski definition) is 2. The van der Waals surface area contributed by atoms with Crippen molar-refractivity contribution >= 4 is 5.84 Å². The summed E-state index contributed by atoms with van der Waals surface area (Å²) in [6.07, 6.45) is 0. The fraction of sp³-hybridized carbons (Fsp3) is 0.500. The largest absolute Gasteiger partial charge is 0.386 e. The lowest BCUT2D eigenvalue weighted by Crippen LogP contribution is -2.23. The summed E-state index contributed by atoms with van der Waals surface area (Å²) in [4.78, 5) is 3.57. The number of hydrogen-bond acceptors (Lipinski definition) is 3. The molecule has 0 radical (unpaired) electrons. The van der Waals surface area contributed by atoms with Crippen LogP contribution in [-0.2, 0) is 0 Å². The maximum absolute atomic E-state index is 7.96. The normalized spacial score (nSPS) is 10.8. The summed E-state index contributed by atoms with van der Waals surface area (Å²) in [5.74, 6) is 0.326. The highest BCUT2D eigenvalue weighted by molar-refractivity contribution is 5.82. The van der Waals surface area contributed by atoms with E-state index < -0.39 is 0 Å². The second-order valence-corrected chi connectivity index (χ2v) is 1.17. The molecule has 4 heteroatoms. The van der Waals surface area contributed by atoms with Gasteiger partial charge in [-0.05, 0) is 0 Å². The van der Waals surface area contributed by atoms with Crippen molar-refractivity contribution in [3.63, 3.8) is 0 Å². The molecule has 44 valence electrons. The second-order valence-electron chi connectivity index (χ2n) is 1.17. The Bertz CT molecular complexity index is 120. The van der Waals surface area contributed by atoms with Crippen molar-refractivity contribution in [2.24, 2.45) is 16.5 Å². The molecule has 0 rings (SSSR count). The minimum atomic E-state index is 0.100. The molecule has 0 aliphatic carbocycles. The van der Waals surface area contributed by atoms with Crippen molar-refractivity contribution in [2.45, 2.75) is 0 Å². The molecule has 4 N–H and O–H groups in total. The molecule has 0 amide bonds. The Balaban J connectivity index is 3.45. The quantitative estimate of drug-likeness (QED) is 0.268. The first-order chi connectivity index (χ1) is 3.81. The van der Waals surface area contributed by atoms with Crippen molar-refractivity contribution in [1.29, 1.82) is 5.26 Å². The summed E-state index contributed by atoms with van der Waals surface area (Å²) in [5, 5.41) is 7.96. The Kier molecular flexibility index (Phi) is 3.54. The predicted molar refractivity (Wildman–Crippen MR) is 31.2 cm³/mol.